The van der Waals surface area contributed by atoms with E-state index in [1.54, 1.807) is 11.8 Å². The zero-order valence-corrected chi connectivity index (χ0v) is 13.6. The highest BCUT2D eigenvalue weighted by Gasteiger charge is 2.12. The maximum absolute atomic E-state index is 6.10. The van der Waals surface area contributed by atoms with Crippen LogP contribution in [-0.4, -0.2) is 14.9 Å². The van der Waals surface area contributed by atoms with Gasteiger partial charge >= 0.3 is 0 Å². The summed E-state index contributed by atoms with van der Waals surface area (Å²) in [5, 5.41) is 9.70. The smallest absolute Gasteiger partial charge is 0.210 e. The monoisotopic (exact) mass is 330 g/mol. The molecular formula is C16H15ClN4S. The van der Waals surface area contributed by atoms with Crippen LogP contribution in [0.15, 0.2) is 53.7 Å². The van der Waals surface area contributed by atoms with Gasteiger partial charge in [0.2, 0.25) is 5.16 Å². The van der Waals surface area contributed by atoms with Gasteiger partial charge in [0.05, 0.1) is 0 Å². The summed E-state index contributed by atoms with van der Waals surface area (Å²) in [5.74, 6) is 7.53. The van der Waals surface area contributed by atoms with Gasteiger partial charge in [-0.15, -0.1) is 10.2 Å². The molecule has 0 unspecified atom stereocenters. The Labute approximate surface area is 138 Å². The van der Waals surface area contributed by atoms with Gasteiger partial charge in [0.1, 0.15) is 0 Å². The molecule has 2 N–H and O–H groups in total. The predicted octanol–water partition coefficient (Wildman–Crippen LogP) is 3.91. The van der Waals surface area contributed by atoms with Gasteiger partial charge in [-0.25, -0.2) is 4.68 Å². The van der Waals surface area contributed by atoms with Crippen molar-refractivity contribution in [2.45, 2.75) is 17.8 Å². The number of nitrogens with two attached hydrogens (primary N) is 1. The maximum atomic E-state index is 6.10. The van der Waals surface area contributed by atoms with Crippen LogP contribution in [0.4, 0.5) is 0 Å². The van der Waals surface area contributed by atoms with Gasteiger partial charge in [-0.1, -0.05) is 53.2 Å². The van der Waals surface area contributed by atoms with Gasteiger partial charge in [-0.3, -0.25) is 0 Å². The quantitative estimate of drug-likeness (QED) is 0.582. The zero-order valence-electron chi connectivity index (χ0n) is 12.0. The molecule has 1 aromatic heterocycles. The second-order valence-electron chi connectivity index (χ2n) is 4.96. The average molecular weight is 331 g/mol. The number of hydrogen-bond donors (Lipinski definition) is 1. The molecule has 112 valence electrons. The summed E-state index contributed by atoms with van der Waals surface area (Å²) in [4.78, 5) is 0. The van der Waals surface area contributed by atoms with Crippen molar-refractivity contribution in [3.8, 4) is 11.4 Å². The maximum Gasteiger partial charge on any atom is 0.210 e. The lowest BCUT2D eigenvalue weighted by molar-refractivity contribution is 0.849. The van der Waals surface area contributed by atoms with Crippen LogP contribution in [0.3, 0.4) is 0 Å². The summed E-state index contributed by atoms with van der Waals surface area (Å²) in [6, 6.07) is 15.8. The third-order valence-electron chi connectivity index (χ3n) is 3.26. The SMILES string of the molecule is Cc1ccc(CSc2nnc(-c3ccc(Cl)cc3)n2N)cc1. The second-order valence-corrected chi connectivity index (χ2v) is 6.34. The Morgan fingerprint density at radius 1 is 1.05 bits per heavy atom. The van der Waals surface area contributed by atoms with Gasteiger partial charge in [0.15, 0.2) is 5.82 Å². The van der Waals surface area contributed by atoms with Crippen molar-refractivity contribution in [3.05, 3.63) is 64.7 Å². The molecule has 2 aromatic carbocycles. The zero-order chi connectivity index (χ0) is 15.5. The minimum Gasteiger partial charge on any atom is -0.335 e. The first-order valence-corrected chi connectivity index (χ1v) is 8.14. The summed E-state index contributed by atoms with van der Waals surface area (Å²) >= 11 is 7.46. The highest BCUT2D eigenvalue weighted by atomic mass is 35.5. The van der Waals surface area contributed by atoms with Crippen LogP contribution in [0.25, 0.3) is 11.4 Å². The first-order chi connectivity index (χ1) is 10.6. The molecule has 0 saturated heterocycles. The van der Waals surface area contributed by atoms with Crippen LogP contribution < -0.4 is 5.84 Å². The van der Waals surface area contributed by atoms with E-state index < -0.39 is 0 Å². The molecule has 0 spiro atoms. The predicted molar refractivity (Wildman–Crippen MR) is 91.4 cm³/mol. The number of halogens is 1. The van der Waals surface area contributed by atoms with Gasteiger partial charge in [0, 0.05) is 16.3 Å². The number of benzene rings is 2. The summed E-state index contributed by atoms with van der Waals surface area (Å²) in [6.07, 6.45) is 0. The average Bonchev–Trinajstić information content (AvgIpc) is 2.89. The fourth-order valence-corrected chi connectivity index (χ4v) is 2.94. The number of thioether (sulfide) groups is 1. The molecule has 0 radical (unpaired) electrons. The third-order valence-corrected chi connectivity index (χ3v) is 4.52. The summed E-state index contributed by atoms with van der Waals surface area (Å²) in [5.41, 5.74) is 3.37. The molecule has 3 rings (SSSR count). The van der Waals surface area contributed by atoms with Crippen LogP contribution in [-0.2, 0) is 5.75 Å². The minimum atomic E-state index is 0.628. The number of aromatic nitrogens is 3. The molecule has 3 aromatic rings. The molecule has 0 fully saturated rings. The lowest BCUT2D eigenvalue weighted by Gasteiger charge is -2.04. The van der Waals surface area contributed by atoms with Crippen molar-refractivity contribution in [1.82, 2.24) is 14.9 Å². The molecule has 0 aliphatic heterocycles. The Kier molecular flexibility index (Phi) is 4.36. The van der Waals surface area contributed by atoms with E-state index in [2.05, 4.69) is 41.4 Å². The fourth-order valence-electron chi connectivity index (χ4n) is 2.00. The standard InChI is InChI=1S/C16H15ClN4S/c1-11-2-4-12(5-3-11)10-22-16-20-19-15(21(16)18)13-6-8-14(17)9-7-13/h2-9H,10,18H2,1H3. The van der Waals surface area contributed by atoms with Crippen LogP contribution in [0.2, 0.25) is 5.02 Å². The van der Waals surface area contributed by atoms with E-state index in [1.165, 1.54) is 15.8 Å². The second kappa shape index (κ2) is 6.42. The summed E-state index contributed by atoms with van der Waals surface area (Å²) in [7, 11) is 0. The lowest BCUT2D eigenvalue weighted by atomic mass is 10.2. The van der Waals surface area contributed by atoms with E-state index >= 15 is 0 Å². The van der Waals surface area contributed by atoms with Crippen LogP contribution in [0, 0.1) is 6.92 Å². The first kappa shape index (κ1) is 14.9. The highest BCUT2D eigenvalue weighted by Crippen LogP contribution is 2.25. The molecule has 0 amide bonds. The Bertz CT molecular complexity index is 766. The van der Waals surface area contributed by atoms with Crippen LogP contribution in [0.1, 0.15) is 11.1 Å². The molecule has 0 bridgehead atoms. The van der Waals surface area contributed by atoms with Crippen molar-refractivity contribution in [2.75, 3.05) is 5.84 Å². The molecule has 0 aliphatic carbocycles. The normalized spacial score (nSPS) is 10.8. The Morgan fingerprint density at radius 3 is 2.41 bits per heavy atom. The first-order valence-electron chi connectivity index (χ1n) is 6.78. The molecule has 4 nitrogen and oxygen atoms in total. The molecular weight excluding hydrogens is 316 g/mol. The largest absolute Gasteiger partial charge is 0.335 e. The number of aryl methyl sites for hydroxylation is 1. The number of rotatable bonds is 4. The highest BCUT2D eigenvalue weighted by molar-refractivity contribution is 7.98. The number of nitrogens with zero attached hydrogens (tertiary/aromatic N) is 3. The lowest BCUT2D eigenvalue weighted by Crippen LogP contribution is -2.11. The molecule has 22 heavy (non-hydrogen) atoms. The molecule has 0 atom stereocenters. The van der Waals surface area contributed by atoms with Gasteiger partial charge in [-0.05, 0) is 36.8 Å². The van der Waals surface area contributed by atoms with E-state index in [9.17, 15) is 0 Å². The van der Waals surface area contributed by atoms with E-state index in [-0.39, 0.29) is 0 Å². The van der Waals surface area contributed by atoms with E-state index in [0.717, 1.165) is 11.3 Å². The molecule has 0 saturated carbocycles. The topological polar surface area (TPSA) is 56.7 Å². The van der Waals surface area contributed by atoms with Crippen molar-refractivity contribution < 1.29 is 0 Å². The fraction of sp³-hybridized carbons (Fsp3) is 0.125. The van der Waals surface area contributed by atoms with E-state index in [4.69, 9.17) is 17.4 Å². The summed E-state index contributed by atoms with van der Waals surface area (Å²) < 4.78 is 1.52. The van der Waals surface area contributed by atoms with Crippen molar-refractivity contribution >= 4 is 23.4 Å². The molecule has 1 heterocycles. The van der Waals surface area contributed by atoms with Crippen molar-refractivity contribution in [2.24, 2.45) is 0 Å². The van der Waals surface area contributed by atoms with Crippen LogP contribution in [0.5, 0.6) is 0 Å². The Morgan fingerprint density at radius 2 is 1.73 bits per heavy atom. The van der Waals surface area contributed by atoms with Gasteiger partial charge in [0.25, 0.3) is 0 Å². The summed E-state index contributed by atoms with van der Waals surface area (Å²) in [6.45, 7) is 2.08. The van der Waals surface area contributed by atoms with Crippen LogP contribution >= 0.6 is 23.4 Å². The van der Waals surface area contributed by atoms with Gasteiger partial charge < -0.3 is 5.84 Å². The number of nitrogen functional groups attached to an aromatic ring is 1. The van der Waals surface area contributed by atoms with Crippen molar-refractivity contribution in [3.63, 3.8) is 0 Å². The van der Waals surface area contributed by atoms with Gasteiger partial charge in [-0.2, -0.15) is 0 Å². The minimum absolute atomic E-state index is 0.628. The third kappa shape index (κ3) is 3.26. The van der Waals surface area contributed by atoms with E-state index in [0.29, 0.717) is 16.0 Å². The van der Waals surface area contributed by atoms with Crippen molar-refractivity contribution in [1.29, 1.82) is 0 Å². The molecule has 6 heteroatoms. The number of hydrogen-bond acceptors (Lipinski definition) is 4. The van der Waals surface area contributed by atoms with E-state index in [1.807, 2.05) is 24.3 Å². The molecule has 0 aliphatic rings. The Balaban J connectivity index is 1.75. The Hall–Kier alpha value is -1.98.